The molecule has 0 aliphatic heterocycles. The van der Waals surface area contributed by atoms with Crippen molar-refractivity contribution < 1.29 is 14.7 Å². The highest BCUT2D eigenvalue weighted by atomic mass is 16.3. The highest BCUT2D eigenvalue weighted by Gasteiger charge is 2.07. The van der Waals surface area contributed by atoms with Crippen LogP contribution < -0.4 is 10.7 Å². The molecule has 0 radical (unpaired) electrons. The van der Waals surface area contributed by atoms with Crippen molar-refractivity contribution in [1.82, 2.24) is 10.7 Å². The second-order valence-electron chi connectivity index (χ2n) is 5.85. The van der Waals surface area contributed by atoms with Gasteiger partial charge in [-0.2, -0.15) is 5.10 Å². The second kappa shape index (κ2) is 8.10. The van der Waals surface area contributed by atoms with Crippen LogP contribution in [0, 0.1) is 20.8 Å². The standard InChI is InChI=1S/C19H21N3O3/c1-12-5-4-6-16(7-12)19(25)20-11-17(23)22-21-10-15-8-13(2)18(24)14(3)9-15/h4-10,24H,11H2,1-3H3,(H,20,25)(H,22,23). The number of carbonyl (C=O) groups excluding carboxylic acids is 2. The van der Waals surface area contributed by atoms with Gasteiger partial charge in [-0.1, -0.05) is 17.7 Å². The van der Waals surface area contributed by atoms with Gasteiger partial charge in [0.15, 0.2) is 0 Å². The van der Waals surface area contributed by atoms with Gasteiger partial charge in [0, 0.05) is 5.56 Å². The van der Waals surface area contributed by atoms with Crippen LogP contribution in [-0.2, 0) is 4.79 Å². The Labute approximate surface area is 146 Å². The van der Waals surface area contributed by atoms with E-state index in [1.807, 2.05) is 13.0 Å². The minimum Gasteiger partial charge on any atom is -0.507 e. The third kappa shape index (κ3) is 5.17. The van der Waals surface area contributed by atoms with Gasteiger partial charge in [0.05, 0.1) is 12.8 Å². The predicted molar refractivity (Wildman–Crippen MR) is 96.8 cm³/mol. The van der Waals surface area contributed by atoms with E-state index in [0.717, 1.165) is 22.3 Å². The van der Waals surface area contributed by atoms with Gasteiger partial charge in [0.2, 0.25) is 0 Å². The molecule has 25 heavy (non-hydrogen) atoms. The van der Waals surface area contributed by atoms with Crippen molar-refractivity contribution in [1.29, 1.82) is 0 Å². The number of rotatable bonds is 5. The molecule has 0 heterocycles. The summed E-state index contributed by atoms with van der Waals surface area (Å²) in [5, 5.41) is 16.1. The van der Waals surface area contributed by atoms with E-state index in [4.69, 9.17) is 0 Å². The van der Waals surface area contributed by atoms with Crippen LogP contribution in [0.25, 0.3) is 0 Å². The lowest BCUT2D eigenvalue weighted by Gasteiger charge is -2.06. The lowest BCUT2D eigenvalue weighted by atomic mass is 10.1. The molecule has 6 nitrogen and oxygen atoms in total. The quantitative estimate of drug-likeness (QED) is 0.576. The van der Waals surface area contributed by atoms with Crippen LogP contribution >= 0.6 is 0 Å². The summed E-state index contributed by atoms with van der Waals surface area (Å²) in [4.78, 5) is 23.7. The van der Waals surface area contributed by atoms with E-state index < -0.39 is 5.91 Å². The Morgan fingerprint density at radius 1 is 1.12 bits per heavy atom. The molecule has 0 saturated carbocycles. The third-order valence-corrected chi connectivity index (χ3v) is 3.61. The highest BCUT2D eigenvalue weighted by Crippen LogP contribution is 2.21. The largest absolute Gasteiger partial charge is 0.507 e. The molecule has 3 N–H and O–H groups in total. The van der Waals surface area contributed by atoms with E-state index in [0.29, 0.717) is 5.56 Å². The molecule has 0 aliphatic rings. The molecular formula is C19H21N3O3. The molecule has 6 heteroatoms. The van der Waals surface area contributed by atoms with Crippen LogP contribution in [0.1, 0.15) is 32.6 Å². The number of nitrogens with zero attached hydrogens (tertiary/aromatic N) is 1. The molecule has 2 rings (SSSR count). The Bertz CT molecular complexity index is 805. The monoisotopic (exact) mass is 339 g/mol. The Morgan fingerprint density at radius 3 is 2.44 bits per heavy atom. The van der Waals surface area contributed by atoms with E-state index in [1.165, 1.54) is 6.21 Å². The maximum Gasteiger partial charge on any atom is 0.259 e. The SMILES string of the molecule is Cc1cccc(C(=O)NCC(=O)NN=Cc2cc(C)c(O)c(C)c2)c1. The third-order valence-electron chi connectivity index (χ3n) is 3.61. The average molecular weight is 339 g/mol. The first-order valence-corrected chi connectivity index (χ1v) is 7.84. The Morgan fingerprint density at radius 2 is 1.80 bits per heavy atom. The lowest BCUT2D eigenvalue weighted by Crippen LogP contribution is -2.34. The second-order valence-corrected chi connectivity index (χ2v) is 5.85. The topological polar surface area (TPSA) is 90.8 Å². The fraction of sp³-hybridized carbons (Fsp3) is 0.211. The maximum atomic E-state index is 12.0. The zero-order chi connectivity index (χ0) is 18.4. The van der Waals surface area contributed by atoms with Crippen molar-refractivity contribution in [2.45, 2.75) is 20.8 Å². The molecule has 0 fully saturated rings. The lowest BCUT2D eigenvalue weighted by molar-refractivity contribution is -0.120. The number of phenols is 1. The van der Waals surface area contributed by atoms with Gasteiger partial charge in [-0.15, -0.1) is 0 Å². The molecule has 0 bridgehead atoms. The number of nitrogens with one attached hydrogen (secondary N) is 2. The van der Waals surface area contributed by atoms with Crippen LogP contribution in [0.2, 0.25) is 0 Å². The van der Waals surface area contributed by atoms with Gasteiger partial charge in [-0.05, 0) is 61.7 Å². The van der Waals surface area contributed by atoms with Gasteiger partial charge in [0.25, 0.3) is 11.8 Å². The zero-order valence-electron chi connectivity index (χ0n) is 14.5. The Kier molecular flexibility index (Phi) is 5.89. The van der Waals surface area contributed by atoms with Crippen molar-refractivity contribution in [3.63, 3.8) is 0 Å². The molecular weight excluding hydrogens is 318 g/mol. The summed E-state index contributed by atoms with van der Waals surface area (Å²) in [6.45, 7) is 5.31. The summed E-state index contributed by atoms with van der Waals surface area (Å²) in [5.41, 5.74) is 6.07. The van der Waals surface area contributed by atoms with Crippen LogP contribution in [0.5, 0.6) is 5.75 Å². The van der Waals surface area contributed by atoms with Crippen molar-refractivity contribution in [2.24, 2.45) is 5.10 Å². The molecule has 0 aromatic heterocycles. The van der Waals surface area contributed by atoms with Gasteiger partial charge < -0.3 is 10.4 Å². The number of amides is 2. The van der Waals surface area contributed by atoms with Gasteiger partial charge >= 0.3 is 0 Å². The number of hydrogen-bond acceptors (Lipinski definition) is 4. The molecule has 0 atom stereocenters. The Balaban J connectivity index is 1.85. The van der Waals surface area contributed by atoms with Crippen LogP contribution in [0.4, 0.5) is 0 Å². The first kappa shape index (κ1) is 18.2. The summed E-state index contributed by atoms with van der Waals surface area (Å²) in [6, 6.07) is 10.6. The van der Waals surface area contributed by atoms with E-state index >= 15 is 0 Å². The zero-order valence-corrected chi connectivity index (χ0v) is 14.5. The molecule has 130 valence electrons. The molecule has 0 unspecified atom stereocenters. The number of hydrazone groups is 1. The number of aromatic hydroxyl groups is 1. The molecule has 2 aromatic rings. The summed E-state index contributed by atoms with van der Waals surface area (Å²) in [5.74, 6) is -0.489. The van der Waals surface area contributed by atoms with Gasteiger partial charge in [-0.25, -0.2) is 5.43 Å². The first-order chi connectivity index (χ1) is 11.9. The number of aryl methyl sites for hydroxylation is 3. The summed E-state index contributed by atoms with van der Waals surface area (Å²) in [6.07, 6.45) is 1.49. The van der Waals surface area contributed by atoms with Crippen LogP contribution in [0.15, 0.2) is 41.5 Å². The van der Waals surface area contributed by atoms with Crippen LogP contribution in [-0.4, -0.2) is 29.7 Å². The predicted octanol–water partition coefficient (Wildman–Crippen LogP) is 2.20. The molecule has 2 aromatic carbocycles. The number of carbonyl (C=O) groups is 2. The minimum atomic E-state index is -0.426. The van der Waals surface area contributed by atoms with Crippen molar-refractivity contribution >= 4 is 18.0 Å². The summed E-state index contributed by atoms with van der Waals surface area (Å²) >= 11 is 0. The molecule has 2 amide bonds. The van der Waals surface area contributed by atoms with E-state index in [9.17, 15) is 14.7 Å². The normalized spacial score (nSPS) is 10.7. The van der Waals surface area contributed by atoms with E-state index in [1.54, 1.807) is 44.2 Å². The molecule has 0 aliphatic carbocycles. The first-order valence-electron chi connectivity index (χ1n) is 7.84. The number of benzene rings is 2. The van der Waals surface area contributed by atoms with Crippen molar-refractivity contribution in [3.05, 3.63) is 64.2 Å². The highest BCUT2D eigenvalue weighted by molar-refractivity contribution is 5.96. The average Bonchev–Trinajstić information content (AvgIpc) is 2.57. The van der Waals surface area contributed by atoms with Crippen molar-refractivity contribution in [3.8, 4) is 5.75 Å². The van der Waals surface area contributed by atoms with Gasteiger partial charge in [-0.3, -0.25) is 9.59 Å². The minimum absolute atomic E-state index is 0.169. The molecule has 0 spiro atoms. The number of hydrogen-bond donors (Lipinski definition) is 3. The van der Waals surface area contributed by atoms with Crippen LogP contribution in [0.3, 0.4) is 0 Å². The fourth-order valence-corrected chi connectivity index (χ4v) is 2.33. The van der Waals surface area contributed by atoms with Crippen molar-refractivity contribution in [2.75, 3.05) is 6.54 Å². The number of phenolic OH excluding ortho intramolecular Hbond substituents is 1. The van der Waals surface area contributed by atoms with E-state index in [2.05, 4.69) is 15.8 Å². The maximum absolute atomic E-state index is 12.0. The van der Waals surface area contributed by atoms with Gasteiger partial charge in [0.1, 0.15) is 5.75 Å². The molecule has 0 saturated heterocycles. The van der Waals surface area contributed by atoms with E-state index in [-0.39, 0.29) is 18.2 Å². The summed E-state index contributed by atoms with van der Waals surface area (Å²) < 4.78 is 0. The summed E-state index contributed by atoms with van der Waals surface area (Å²) in [7, 11) is 0. The smallest absolute Gasteiger partial charge is 0.259 e. The Hall–Kier alpha value is -3.15. The fourth-order valence-electron chi connectivity index (χ4n) is 2.33.